The molecule has 4 heteroatoms. The van der Waals surface area contributed by atoms with E-state index in [2.05, 4.69) is 24.1 Å². The van der Waals surface area contributed by atoms with Crippen molar-refractivity contribution in [2.45, 2.75) is 20.3 Å². The van der Waals surface area contributed by atoms with Gasteiger partial charge in [-0.25, -0.2) is 0 Å². The predicted octanol–water partition coefficient (Wildman–Crippen LogP) is 5.37. The summed E-state index contributed by atoms with van der Waals surface area (Å²) in [6.07, 6.45) is 5.02. The molecule has 0 unspecified atom stereocenters. The first kappa shape index (κ1) is 16.9. The first-order valence-electron chi connectivity index (χ1n) is 8.86. The van der Waals surface area contributed by atoms with E-state index in [9.17, 15) is 4.79 Å². The Morgan fingerprint density at radius 2 is 2.00 bits per heavy atom. The summed E-state index contributed by atoms with van der Waals surface area (Å²) in [7, 11) is 0. The third kappa shape index (κ3) is 2.93. The molecule has 1 aliphatic heterocycles. The summed E-state index contributed by atoms with van der Waals surface area (Å²) < 4.78 is 0. The number of benzene rings is 2. The number of H-pyrrole nitrogens is 1. The molecule has 0 fully saturated rings. The molecule has 0 saturated carbocycles. The van der Waals surface area contributed by atoms with Crippen molar-refractivity contribution in [3.63, 3.8) is 0 Å². The van der Waals surface area contributed by atoms with E-state index in [4.69, 9.17) is 11.6 Å². The largest absolute Gasteiger partial charge is 0.359 e. The number of nitrogens with zero attached hydrogens (tertiary/aromatic N) is 1. The molecule has 1 aliphatic rings. The number of aromatic nitrogens is 1. The minimum atomic E-state index is 0.102. The smallest absolute Gasteiger partial charge is 0.254 e. The quantitative estimate of drug-likeness (QED) is 0.652. The lowest BCUT2D eigenvalue weighted by Crippen LogP contribution is -2.34. The van der Waals surface area contributed by atoms with Gasteiger partial charge < -0.3 is 9.88 Å². The van der Waals surface area contributed by atoms with Crippen molar-refractivity contribution in [3.05, 3.63) is 75.9 Å². The van der Waals surface area contributed by atoms with Gasteiger partial charge in [0.1, 0.15) is 0 Å². The van der Waals surface area contributed by atoms with Gasteiger partial charge in [0.15, 0.2) is 0 Å². The number of hydrogen-bond acceptors (Lipinski definition) is 1. The first-order valence-corrected chi connectivity index (χ1v) is 9.24. The van der Waals surface area contributed by atoms with Crippen LogP contribution in [0.25, 0.3) is 16.5 Å². The molecule has 3 nitrogen and oxygen atoms in total. The molecule has 4 rings (SSSR count). The van der Waals surface area contributed by atoms with Crippen molar-refractivity contribution in [3.8, 4) is 0 Å². The molecule has 1 amide bonds. The van der Waals surface area contributed by atoms with Gasteiger partial charge in [-0.05, 0) is 55.2 Å². The van der Waals surface area contributed by atoms with Crippen LogP contribution in [0.5, 0.6) is 0 Å². The maximum atomic E-state index is 12.8. The van der Waals surface area contributed by atoms with Gasteiger partial charge in [-0.3, -0.25) is 4.79 Å². The number of carbonyl (C=O) groups is 1. The molecular formula is C22H21ClN2O. The molecule has 0 bridgehead atoms. The monoisotopic (exact) mass is 364 g/mol. The molecule has 3 aromatic rings. The van der Waals surface area contributed by atoms with E-state index in [-0.39, 0.29) is 5.91 Å². The molecule has 0 saturated heterocycles. The Balaban J connectivity index is 1.57. The first-order chi connectivity index (χ1) is 12.5. The summed E-state index contributed by atoms with van der Waals surface area (Å²) in [6.45, 7) is 5.47. The van der Waals surface area contributed by atoms with Gasteiger partial charge in [-0.2, -0.15) is 0 Å². The number of hydrogen-bond donors (Lipinski definition) is 1. The Bertz CT molecular complexity index is 1030. The number of para-hydroxylation sites is 1. The molecule has 2 heterocycles. The highest BCUT2D eigenvalue weighted by molar-refractivity contribution is 6.35. The SMILES string of the molecule is Cc1ccc(C(=O)N2CC=C(c3c[nH]c4c(Cl)cccc34)CC2)cc1C. The molecule has 132 valence electrons. The molecule has 0 spiro atoms. The van der Waals surface area contributed by atoms with Crippen LogP contribution in [-0.2, 0) is 0 Å². The third-order valence-corrected chi connectivity index (χ3v) is 5.58. The lowest BCUT2D eigenvalue weighted by molar-refractivity contribution is 0.0773. The number of aryl methyl sites for hydroxylation is 2. The fraction of sp³-hybridized carbons (Fsp3) is 0.227. The van der Waals surface area contributed by atoms with Crippen LogP contribution in [0.15, 0.2) is 48.7 Å². The van der Waals surface area contributed by atoms with Crippen molar-refractivity contribution in [2.24, 2.45) is 0 Å². The molecule has 26 heavy (non-hydrogen) atoms. The van der Waals surface area contributed by atoms with Crippen molar-refractivity contribution in [2.75, 3.05) is 13.1 Å². The van der Waals surface area contributed by atoms with Crippen LogP contribution in [-0.4, -0.2) is 28.9 Å². The zero-order valence-corrected chi connectivity index (χ0v) is 15.7. The molecule has 0 atom stereocenters. The average Bonchev–Trinajstić information content (AvgIpc) is 3.09. The second-order valence-corrected chi connectivity index (χ2v) is 7.30. The van der Waals surface area contributed by atoms with Gasteiger partial charge in [-0.1, -0.05) is 35.9 Å². The zero-order valence-electron chi connectivity index (χ0n) is 15.0. The van der Waals surface area contributed by atoms with E-state index >= 15 is 0 Å². The van der Waals surface area contributed by atoms with Crippen LogP contribution in [0.4, 0.5) is 0 Å². The van der Waals surface area contributed by atoms with Gasteiger partial charge in [0.2, 0.25) is 0 Å². The summed E-state index contributed by atoms with van der Waals surface area (Å²) in [4.78, 5) is 18.0. The molecule has 0 radical (unpaired) electrons. The fourth-order valence-corrected chi connectivity index (χ4v) is 3.77. The topological polar surface area (TPSA) is 36.1 Å². The van der Waals surface area contributed by atoms with Crippen LogP contribution >= 0.6 is 11.6 Å². The van der Waals surface area contributed by atoms with Crippen molar-refractivity contribution >= 4 is 34.0 Å². The second kappa shape index (κ2) is 6.65. The predicted molar refractivity (Wildman–Crippen MR) is 108 cm³/mol. The Morgan fingerprint density at radius 1 is 1.15 bits per heavy atom. The minimum absolute atomic E-state index is 0.102. The van der Waals surface area contributed by atoms with Crippen LogP contribution in [0.2, 0.25) is 5.02 Å². The number of halogens is 1. The number of rotatable bonds is 2. The van der Waals surface area contributed by atoms with Crippen molar-refractivity contribution in [1.82, 2.24) is 9.88 Å². The highest BCUT2D eigenvalue weighted by Crippen LogP contribution is 2.32. The van der Waals surface area contributed by atoms with Crippen LogP contribution < -0.4 is 0 Å². The average molecular weight is 365 g/mol. The molecule has 1 N–H and O–H groups in total. The number of fused-ring (bicyclic) bond motifs is 1. The van der Waals surface area contributed by atoms with Crippen LogP contribution in [0, 0.1) is 13.8 Å². The van der Waals surface area contributed by atoms with Crippen LogP contribution in [0.1, 0.15) is 33.5 Å². The van der Waals surface area contributed by atoms with Crippen molar-refractivity contribution < 1.29 is 4.79 Å². The molecular weight excluding hydrogens is 344 g/mol. The molecule has 2 aromatic carbocycles. The second-order valence-electron chi connectivity index (χ2n) is 6.89. The maximum Gasteiger partial charge on any atom is 0.254 e. The lowest BCUT2D eigenvalue weighted by Gasteiger charge is -2.27. The van der Waals surface area contributed by atoms with Gasteiger partial charge in [-0.15, -0.1) is 0 Å². The summed E-state index contributed by atoms with van der Waals surface area (Å²) >= 11 is 6.26. The minimum Gasteiger partial charge on any atom is -0.359 e. The van der Waals surface area contributed by atoms with Gasteiger partial charge in [0.25, 0.3) is 5.91 Å². The zero-order chi connectivity index (χ0) is 18.3. The van der Waals surface area contributed by atoms with Crippen LogP contribution in [0.3, 0.4) is 0 Å². The Hall–Kier alpha value is -2.52. The van der Waals surface area contributed by atoms with Crippen molar-refractivity contribution in [1.29, 1.82) is 0 Å². The fourth-order valence-electron chi connectivity index (χ4n) is 3.54. The lowest BCUT2D eigenvalue weighted by atomic mass is 9.98. The van der Waals surface area contributed by atoms with E-state index in [0.717, 1.165) is 40.0 Å². The van der Waals surface area contributed by atoms with Gasteiger partial charge in [0.05, 0.1) is 10.5 Å². The summed E-state index contributed by atoms with van der Waals surface area (Å²) in [6, 6.07) is 11.9. The van der Waals surface area contributed by atoms with E-state index in [1.165, 1.54) is 16.7 Å². The normalized spacial score (nSPS) is 14.6. The third-order valence-electron chi connectivity index (χ3n) is 5.26. The molecule has 1 aromatic heterocycles. The Morgan fingerprint density at radius 3 is 2.73 bits per heavy atom. The number of nitrogens with one attached hydrogen (secondary N) is 1. The van der Waals surface area contributed by atoms with E-state index in [1.54, 1.807) is 0 Å². The molecule has 0 aliphatic carbocycles. The number of carbonyl (C=O) groups excluding carboxylic acids is 1. The van der Waals surface area contributed by atoms with Gasteiger partial charge in [0, 0.05) is 35.8 Å². The highest BCUT2D eigenvalue weighted by atomic mass is 35.5. The summed E-state index contributed by atoms with van der Waals surface area (Å²) in [5.74, 6) is 0.102. The van der Waals surface area contributed by atoms with E-state index in [1.807, 2.05) is 48.4 Å². The number of amides is 1. The highest BCUT2D eigenvalue weighted by Gasteiger charge is 2.21. The standard InChI is InChI=1S/C22H21ClN2O/c1-14-6-7-17(12-15(14)2)22(26)25-10-8-16(9-11-25)19-13-24-21-18(19)4-3-5-20(21)23/h3-8,12-13,24H,9-11H2,1-2H3. The summed E-state index contributed by atoms with van der Waals surface area (Å²) in [5, 5.41) is 1.87. The van der Waals surface area contributed by atoms with E-state index < -0.39 is 0 Å². The van der Waals surface area contributed by atoms with E-state index in [0.29, 0.717) is 6.54 Å². The Labute approximate surface area is 158 Å². The maximum absolute atomic E-state index is 12.8. The Kier molecular flexibility index (Phi) is 4.33. The number of aromatic amines is 1. The summed E-state index contributed by atoms with van der Waals surface area (Å²) in [5.41, 5.74) is 6.55. The van der Waals surface area contributed by atoms with Gasteiger partial charge >= 0.3 is 0 Å².